The zero-order chi connectivity index (χ0) is 57.4. The lowest BCUT2D eigenvalue weighted by atomic mass is 9.85. The number of nitrogens with two attached hydrogens (primary N) is 1. The Morgan fingerprint density at radius 3 is 1.33 bits per heavy atom. The van der Waals surface area contributed by atoms with Crippen molar-refractivity contribution in [1.82, 2.24) is 15.1 Å². The van der Waals surface area contributed by atoms with E-state index in [0.29, 0.717) is 63.0 Å². The molecule has 4 aromatic rings. The smallest absolute Gasteiger partial charge is 0.411 e. The fourth-order valence-electron chi connectivity index (χ4n) is 8.78. The first-order valence-corrected chi connectivity index (χ1v) is 26.1. The van der Waals surface area contributed by atoms with Crippen molar-refractivity contribution in [1.29, 1.82) is 10.8 Å². The highest BCUT2D eigenvalue weighted by atomic mass is 35.5. The van der Waals surface area contributed by atoms with Gasteiger partial charge in [0, 0.05) is 37.4 Å². The molecule has 2 aliphatic rings. The van der Waals surface area contributed by atoms with Gasteiger partial charge in [0.15, 0.2) is 5.78 Å². The molecule has 424 valence electrons. The van der Waals surface area contributed by atoms with E-state index in [0.717, 1.165) is 39.8 Å². The lowest BCUT2D eigenvalue weighted by Gasteiger charge is -2.39. The zero-order valence-electron chi connectivity index (χ0n) is 46.6. The highest BCUT2D eigenvalue weighted by Crippen LogP contribution is 2.34. The number of Topliss-reactive ketones (excluding diaryl/α,β-unsaturated/α-hetero) is 2. The van der Waals surface area contributed by atoms with Crippen LogP contribution in [0.4, 0.5) is 18.4 Å². The lowest BCUT2D eigenvalue weighted by Crippen LogP contribution is -2.56. The van der Waals surface area contributed by atoms with Crippen molar-refractivity contribution in [2.75, 3.05) is 13.1 Å². The van der Waals surface area contributed by atoms with Crippen molar-refractivity contribution in [2.45, 2.75) is 168 Å². The van der Waals surface area contributed by atoms with E-state index < -0.39 is 53.4 Å². The number of aryl methyl sites for hydroxylation is 2. The lowest BCUT2D eigenvalue weighted by molar-refractivity contribution is -0.144. The number of rotatable bonds is 15. The quantitative estimate of drug-likeness (QED) is 0.0706. The number of aliphatic carboxylic acids is 1. The van der Waals surface area contributed by atoms with Crippen LogP contribution in [0, 0.1) is 22.5 Å². The van der Waals surface area contributed by atoms with Crippen molar-refractivity contribution >= 4 is 59.5 Å². The fraction of sp³-hybridized carbons (Fsp3) is 0.467. The van der Waals surface area contributed by atoms with Crippen LogP contribution in [0.2, 0.25) is 0 Å². The van der Waals surface area contributed by atoms with Crippen molar-refractivity contribution < 1.29 is 52.1 Å². The van der Waals surface area contributed by atoms with Crippen molar-refractivity contribution in [3.63, 3.8) is 0 Å². The van der Waals surface area contributed by atoms with Crippen LogP contribution in [0.3, 0.4) is 0 Å². The molecule has 6 rings (SSSR count). The van der Waals surface area contributed by atoms with Crippen molar-refractivity contribution in [2.24, 2.45) is 5.73 Å². The maximum atomic E-state index is 13.5. The summed E-state index contributed by atoms with van der Waals surface area (Å²) in [5.74, 6) is -2.19. The average Bonchev–Trinajstić information content (AvgIpc) is 3.36. The van der Waals surface area contributed by atoms with Crippen molar-refractivity contribution in [3.05, 3.63) is 142 Å². The molecule has 2 saturated heterocycles. The average molecular weight is 1100 g/mol. The number of nitrogens with zero attached hydrogens (tertiary/aromatic N) is 2. The summed E-state index contributed by atoms with van der Waals surface area (Å²) >= 11 is 0. The molecule has 0 radical (unpaired) electrons. The van der Waals surface area contributed by atoms with Gasteiger partial charge in [-0.3, -0.25) is 24.2 Å². The summed E-state index contributed by atoms with van der Waals surface area (Å²) in [7, 11) is 0. The molecule has 78 heavy (non-hydrogen) atoms. The number of hydrogen-bond donors (Lipinski definition) is 5. The molecule has 18 heteroatoms. The van der Waals surface area contributed by atoms with Crippen LogP contribution < -0.4 is 11.1 Å². The number of hydrogen-bond acceptors (Lipinski definition) is 11. The summed E-state index contributed by atoms with van der Waals surface area (Å²) in [6, 6.07) is 24.7. The van der Waals surface area contributed by atoms with E-state index >= 15 is 0 Å². The molecule has 6 N–H and O–H groups in total. The Labute approximate surface area is 464 Å². The number of carboxylic acids is 1. The van der Waals surface area contributed by atoms with Gasteiger partial charge in [0.05, 0.1) is 12.1 Å². The van der Waals surface area contributed by atoms with Crippen LogP contribution in [-0.2, 0) is 41.5 Å². The van der Waals surface area contributed by atoms with E-state index in [-0.39, 0.29) is 59.9 Å². The standard InChI is InChI=1S/C30H38FN3O4.C17H22FNO4.C13H18N2O.ClH/c1-19(32)22-9-6-21(7-10-22)8-15-27(35)20(2)33-28(36)26-18-24(23-11-13-25(31)14-12-23)16-17-34(26)29(37)38-30(3,4)5;1-17(2,3)23-16(22)19-9-8-12(10-14(19)15(20)21)11-4-6-13(18)7-5-11;1-9(14)12-6-3-11(4-7-12)5-8-13(16)10(2)15;/h6-7,9-14,20,24,26,32H,8,15-18H2,1-5H3,(H,33,36);4-7,12,14H,8-10H2,1-3H3,(H,20,21);3-4,6-7,10,14H,5,8,15H2,1-2H3;1H/t20-,24-,26+;12-,14+;10-;/m000./s1. The Bertz CT molecular complexity index is 2670. The molecule has 2 fully saturated rings. The summed E-state index contributed by atoms with van der Waals surface area (Å²) in [5.41, 5.74) is 10.8. The number of piperidine rings is 2. The molecule has 0 spiro atoms. The van der Waals surface area contributed by atoms with E-state index in [1.807, 2.05) is 48.5 Å². The maximum Gasteiger partial charge on any atom is 0.411 e. The van der Waals surface area contributed by atoms with E-state index in [9.17, 15) is 42.7 Å². The number of carboxylic acid groups (broad SMARTS) is 1. The Morgan fingerprint density at radius 2 is 0.987 bits per heavy atom. The van der Waals surface area contributed by atoms with Gasteiger partial charge >= 0.3 is 18.2 Å². The van der Waals surface area contributed by atoms with Gasteiger partial charge in [-0.1, -0.05) is 72.8 Å². The predicted octanol–water partition coefficient (Wildman–Crippen LogP) is 11.1. The molecule has 0 unspecified atom stereocenters. The first-order chi connectivity index (χ1) is 36.0. The van der Waals surface area contributed by atoms with Gasteiger partial charge < -0.3 is 36.4 Å². The molecular formula is C60H79ClF2N6O9. The largest absolute Gasteiger partial charge is 0.480 e. The number of carbonyl (C=O) groups is 6. The van der Waals surface area contributed by atoms with E-state index in [1.54, 1.807) is 93.5 Å². The van der Waals surface area contributed by atoms with Gasteiger partial charge in [-0.05, 0) is 177 Å². The van der Waals surface area contributed by atoms with E-state index in [2.05, 4.69) is 5.32 Å². The number of carbonyl (C=O) groups excluding carboxylic acids is 5. The van der Waals surface area contributed by atoms with Gasteiger partial charge in [-0.25, -0.2) is 23.2 Å². The minimum Gasteiger partial charge on any atom is -0.480 e. The monoisotopic (exact) mass is 1100 g/mol. The number of nitrogens with one attached hydrogen (secondary N) is 3. The third-order valence-corrected chi connectivity index (χ3v) is 13.2. The number of halogens is 3. The number of ketones is 2. The third kappa shape index (κ3) is 21.2. The highest BCUT2D eigenvalue weighted by molar-refractivity contribution is 5.97. The molecule has 4 aromatic carbocycles. The zero-order valence-corrected chi connectivity index (χ0v) is 47.4. The van der Waals surface area contributed by atoms with E-state index in [1.165, 1.54) is 34.1 Å². The molecule has 0 saturated carbocycles. The minimum atomic E-state index is -1.05. The minimum absolute atomic E-state index is 0. The third-order valence-electron chi connectivity index (χ3n) is 13.2. The predicted molar refractivity (Wildman–Crippen MR) is 301 cm³/mol. The normalized spacial score (nSPS) is 17.9. The maximum absolute atomic E-state index is 13.5. The molecule has 6 atom stereocenters. The molecule has 0 aliphatic carbocycles. The van der Waals surface area contributed by atoms with E-state index in [4.69, 9.17) is 26.0 Å². The van der Waals surface area contributed by atoms with Crippen LogP contribution in [-0.4, -0.2) is 110 Å². The fourth-order valence-corrected chi connectivity index (χ4v) is 8.78. The van der Waals surface area contributed by atoms with Crippen LogP contribution in [0.5, 0.6) is 0 Å². The number of likely N-dealkylation sites (tertiary alicyclic amines) is 2. The van der Waals surface area contributed by atoms with Gasteiger partial charge in [-0.15, -0.1) is 12.4 Å². The summed E-state index contributed by atoms with van der Waals surface area (Å²) in [5, 5.41) is 27.4. The SMILES string of the molecule is CC(=N)c1ccc(CCC(=O)[C@H](C)N)cc1.CC(=N)c1ccc(CCC(=O)[C@H](C)NC(=O)[C@H]2C[C@@H](c3ccc(F)cc3)CCN2C(=O)OC(C)(C)C)cc1.CC(C)(C)OC(=O)N1CC[C@H](c2ccc(F)cc2)C[C@@H]1C(=O)O.Cl. The summed E-state index contributed by atoms with van der Waals surface area (Å²) in [4.78, 5) is 77.0. The first kappa shape index (κ1) is 65.4. The Hall–Kier alpha value is -6.85. The molecule has 2 aliphatic heterocycles. The Morgan fingerprint density at radius 1 is 0.628 bits per heavy atom. The van der Waals surface area contributed by atoms with Gasteiger partial charge in [-0.2, -0.15) is 0 Å². The second-order valence-corrected chi connectivity index (χ2v) is 21.9. The second-order valence-electron chi connectivity index (χ2n) is 21.9. The molecule has 0 aromatic heterocycles. The molecule has 3 amide bonds. The topological polar surface area (TPSA) is 233 Å². The van der Waals surface area contributed by atoms with Crippen LogP contribution in [0.15, 0.2) is 97.1 Å². The number of ether oxygens (including phenoxy) is 2. The summed E-state index contributed by atoms with van der Waals surface area (Å²) in [6.45, 7) is 18.0. The van der Waals surface area contributed by atoms with Crippen LogP contribution in [0.25, 0.3) is 0 Å². The Balaban J connectivity index is 0.000000339. The second kappa shape index (κ2) is 29.8. The first-order valence-electron chi connectivity index (χ1n) is 26.1. The van der Waals surface area contributed by atoms with Crippen molar-refractivity contribution in [3.8, 4) is 0 Å². The Kier molecular flexibility index (Phi) is 25.0. The molecule has 0 bridgehead atoms. The van der Waals surface area contributed by atoms with Gasteiger partial charge in [0.25, 0.3) is 0 Å². The number of benzene rings is 4. The van der Waals surface area contributed by atoms with Crippen LogP contribution >= 0.6 is 12.4 Å². The van der Waals surface area contributed by atoms with Gasteiger partial charge in [0.2, 0.25) is 5.91 Å². The summed E-state index contributed by atoms with van der Waals surface area (Å²) in [6.07, 6.45) is 2.67. The van der Waals surface area contributed by atoms with Crippen LogP contribution in [0.1, 0.15) is 153 Å². The van der Waals surface area contributed by atoms with Gasteiger partial charge in [0.1, 0.15) is 40.7 Å². The highest BCUT2D eigenvalue weighted by Gasteiger charge is 2.41. The molecule has 15 nitrogen and oxygen atoms in total. The number of amides is 3. The summed E-state index contributed by atoms with van der Waals surface area (Å²) < 4.78 is 37.3. The molecule has 2 heterocycles. The molecular weight excluding hydrogens is 1020 g/mol.